The van der Waals surface area contributed by atoms with Gasteiger partial charge < -0.3 is 10.1 Å². The normalized spacial score (nSPS) is 11.7. The van der Waals surface area contributed by atoms with Crippen LogP contribution in [0.4, 0.5) is 0 Å². The van der Waals surface area contributed by atoms with E-state index in [1.54, 1.807) is 0 Å². The topological polar surface area (TPSA) is 21.3 Å². The van der Waals surface area contributed by atoms with E-state index >= 15 is 0 Å². The zero-order valence-electron chi connectivity index (χ0n) is 11.0. The molecular weight excluding hydrogens is 230 g/mol. The fourth-order valence-corrected chi connectivity index (χ4v) is 1.85. The second-order valence-corrected chi connectivity index (χ2v) is 5.77. The van der Waals surface area contributed by atoms with Crippen LogP contribution in [0.15, 0.2) is 30.3 Å². The van der Waals surface area contributed by atoms with Crippen molar-refractivity contribution in [3.8, 4) is 0 Å². The minimum absolute atomic E-state index is 0.0461. The molecule has 0 bridgehead atoms. The van der Waals surface area contributed by atoms with Crippen LogP contribution in [0.3, 0.4) is 0 Å². The lowest BCUT2D eigenvalue weighted by atomic mass is 10.1. The molecule has 96 valence electrons. The minimum atomic E-state index is 0.0461. The Morgan fingerprint density at radius 3 is 2.59 bits per heavy atom. The highest BCUT2D eigenvalue weighted by Gasteiger charge is 2.16. The van der Waals surface area contributed by atoms with Crippen molar-refractivity contribution in [1.29, 1.82) is 0 Å². The van der Waals surface area contributed by atoms with Gasteiger partial charge in [-0.05, 0) is 25.7 Å². The van der Waals surface area contributed by atoms with Gasteiger partial charge in [0.15, 0.2) is 0 Å². The van der Waals surface area contributed by atoms with Gasteiger partial charge in [0.25, 0.3) is 0 Å². The summed E-state index contributed by atoms with van der Waals surface area (Å²) in [6, 6.07) is 10.3. The van der Waals surface area contributed by atoms with Gasteiger partial charge in [-0.1, -0.05) is 30.3 Å². The number of nitrogens with one attached hydrogen (secondary N) is 1. The Kier molecular flexibility index (Phi) is 6.63. The van der Waals surface area contributed by atoms with E-state index < -0.39 is 0 Å². The molecule has 0 fully saturated rings. The molecule has 1 aromatic rings. The van der Waals surface area contributed by atoms with Gasteiger partial charge in [0, 0.05) is 17.8 Å². The number of benzene rings is 1. The van der Waals surface area contributed by atoms with Gasteiger partial charge in [0.1, 0.15) is 0 Å². The molecule has 0 saturated heterocycles. The predicted octanol–water partition coefficient (Wildman–Crippen LogP) is 2.93. The van der Waals surface area contributed by atoms with Crippen LogP contribution < -0.4 is 5.32 Å². The lowest BCUT2D eigenvalue weighted by Gasteiger charge is -2.26. The van der Waals surface area contributed by atoms with E-state index in [4.69, 9.17) is 4.74 Å². The summed E-state index contributed by atoms with van der Waals surface area (Å²) in [6.45, 7) is 6.81. The van der Waals surface area contributed by atoms with E-state index in [0.717, 1.165) is 18.9 Å². The molecular formula is C14H23NOS. The first-order valence-corrected chi connectivity index (χ1v) is 7.39. The van der Waals surface area contributed by atoms with E-state index in [-0.39, 0.29) is 5.54 Å². The third-order valence-corrected chi connectivity index (χ3v) is 3.10. The Bertz CT molecular complexity index is 300. The summed E-state index contributed by atoms with van der Waals surface area (Å²) in [7, 11) is 0. The van der Waals surface area contributed by atoms with E-state index in [9.17, 15) is 0 Å². The molecule has 0 atom stereocenters. The van der Waals surface area contributed by atoms with Gasteiger partial charge in [-0.3, -0.25) is 0 Å². The zero-order valence-corrected chi connectivity index (χ0v) is 11.8. The Morgan fingerprint density at radius 1 is 1.24 bits per heavy atom. The highest BCUT2D eigenvalue weighted by atomic mass is 32.2. The van der Waals surface area contributed by atoms with Crippen LogP contribution in [0, 0.1) is 0 Å². The quantitative estimate of drug-likeness (QED) is 0.720. The third-order valence-electron chi connectivity index (χ3n) is 2.48. The molecule has 0 aliphatic rings. The van der Waals surface area contributed by atoms with Gasteiger partial charge in [0.2, 0.25) is 0 Å². The highest BCUT2D eigenvalue weighted by molar-refractivity contribution is 7.98. The highest BCUT2D eigenvalue weighted by Crippen LogP contribution is 2.06. The molecule has 1 N–H and O–H groups in total. The summed E-state index contributed by atoms with van der Waals surface area (Å²) < 4.78 is 5.75. The summed E-state index contributed by atoms with van der Waals surface area (Å²) in [5, 5.41) is 3.50. The van der Waals surface area contributed by atoms with Crippen LogP contribution in [-0.4, -0.2) is 30.7 Å². The molecule has 17 heavy (non-hydrogen) atoms. The summed E-state index contributed by atoms with van der Waals surface area (Å²) in [6.07, 6.45) is 2.13. The molecule has 0 aromatic heterocycles. The summed E-state index contributed by atoms with van der Waals surface area (Å²) >= 11 is 1.86. The maximum atomic E-state index is 5.75. The van der Waals surface area contributed by atoms with Crippen LogP contribution in [0.25, 0.3) is 0 Å². The fourth-order valence-electron chi connectivity index (χ4n) is 1.54. The monoisotopic (exact) mass is 253 g/mol. The molecule has 0 aliphatic heterocycles. The van der Waals surface area contributed by atoms with Gasteiger partial charge in [0.05, 0.1) is 13.2 Å². The number of hydrogen-bond acceptors (Lipinski definition) is 3. The predicted molar refractivity (Wildman–Crippen MR) is 76.6 cm³/mol. The maximum Gasteiger partial charge on any atom is 0.0717 e. The van der Waals surface area contributed by atoms with Gasteiger partial charge in [-0.2, -0.15) is 11.8 Å². The minimum Gasteiger partial charge on any atom is -0.375 e. The van der Waals surface area contributed by atoms with Crippen LogP contribution in [0.1, 0.15) is 19.4 Å². The van der Waals surface area contributed by atoms with Crippen molar-refractivity contribution in [2.24, 2.45) is 0 Å². The van der Waals surface area contributed by atoms with Crippen LogP contribution in [0.5, 0.6) is 0 Å². The number of thioether (sulfide) groups is 1. The van der Waals surface area contributed by atoms with Crippen LogP contribution in [-0.2, 0) is 11.3 Å². The van der Waals surface area contributed by atoms with Crippen molar-refractivity contribution >= 4 is 11.8 Å². The summed E-state index contributed by atoms with van der Waals surface area (Å²) in [5.74, 6) is 1.14. The third kappa shape index (κ3) is 6.71. The number of rotatable bonds is 8. The molecule has 0 heterocycles. The van der Waals surface area contributed by atoms with Crippen molar-refractivity contribution in [3.63, 3.8) is 0 Å². The summed E-state index contributed by atoms with van der Waals surface area (Å²) in [4.78, 5) is 0. The SMILES string of the molecule is CSCCNC(C)(C)COCc1ccccc1. The number of ether oxygens (including phenoxy) is 1. The van der Waals surface area contributed by atoms with Crippen LogP contribution >= 0.6 is 11.8 Å². The Balaban J connectivity index is 2.20. The summed E-state index contributed by atoms with van der Waals surface area (Å²) in [5.41, 5.74) is 1.28. The number of hydrogen-bond donors (Lipinski definition) is 1. The molecule has 0 spiro atoms. The average molecular weight is 253 g/mol. The van der Waals surface area contributed by atoms with Crippen molar-refractivity contribution < 1.29 is 4.74 Å². The first-order chi connectivity index (χ1) is 8.14. The van der Waals surface area contributed by atoms with E-state index in [2.05, 4.69) is 37.6 Å². The van der Waals surface area contributed by atoms with Gasteiger partial charge >= 0.3 is 0 Å². The molecule has 1 rings (SSSR count). The second-order valence-electron chi connectivity index (χ2n) is 4.78. The standard InChI is InChI=1S/C14H23NOS/c1-14(2,15-9-10-17-3)12-16-11-13-7-5-4-6-8-13/h4-8,15H,9-12H2,1-3H3. The zero-order chi connectivity index (χ0) is 12.6. The maximum absolute atomic E-state index is 5.75. The molecule has 1 aromatic carbocycles. The average Bonchev–Trinajstić information content (AvgIpc) is 2.30. The fraction of sp³-hybridized carbons (Fsp3) is 0.571. The Morgan fingerprint density at radius 2 is 1.94 bits per heavy atom. The molecule has 0 saturated carbocycles. The van der Waals surface area contributed by atoms with Crippen molar-refractivity contribution in [3.05, 3.63) is 35.9 Å². The smallest absolute Gasteiger partial charge is 0.0717 e. The second kappa shape index (κ2) is 7.75. The van der Waals surface area contributed by atoms with E-state index in [0.29, 0.717) is 6.61 Å². The Hall–Kier alpha value is -0.510. The molecule has 0 radical (unpaired) electrons. The van der Waals surface area contributed by atoms with E-state index in [1.807, 2.05) is 30.0 Å². The van der Waals surface area contributed by atoms with E-state index in [1.165, 1.54) is 5.56 Å². The molecule has 0 aliphatic carbocycles. The largest absolute Gasteiger partial charge is 0.375 e. The Labute approximate surface area is 109 Å². The molecule has 0 amide bonds. The van der Waals surface area contributed by atoms with Gasteiger partial charge in [-0.25, -0.2) is 0 Å². The molecule has 0 unspecified atom stereocenters. The van der Waals surface area contributed by atoms with Gasteiger partial charge in [-0.15, -0.1) is 0 Å². The van der Waals surface area contributed by atoms with Crippen LogP contribution in [0.2, 0.25) is 0 Å². The molecule has 2 nitrogen and oxygen atoms in total. The van der Waals surface area contributed by atoms with Crippen molar-refractivity contribution in [2.45, 2.75) is 26.0 Å². The molecule has 3 heteroatoms. The van der Waals surface area contributed by atoms with Crippen molar-refractivity contribution in [2.75, 3.05) is 25.2 Å². The van der Waals surface area contributed by atoms with Crippen molar-refractivity contribution in [1.82, 2.24) is 5.32 Å². The first-order valence-electron chi connectivity index (χ1n) is 6.00. The first kappa shape index (κ1) is 14.6. The lowest BCUT2D eigenvalue weighted by molar-refractivity contribution is 0.0719. The lowest BCUT2D eigenvalue weighted by Crippen LogP contribution is -2.44.